The Bertz CT molecular complexity index is 465. The first kappa shape index (κ1) is 6.99. The number of hydrogen-bond acceptors (Lipinski definition) is 1. The Balaban J connectivity index is 2.84. The molecule has 56 valence electrons. The SMILES string of the molecule is Bc1ccc2c(C#N)c[nH]c2c1. The van der Waals surface area contributed by atoms with Crippen LogP contribution in [-0.2, 0) is 0 Å². The Labute approximate surface area is 71.2 Å². The summed E-state index contributed by atoms with van der Waals surface area (Å²) in [6.07, 6.45) is 1.74. The van der Waals surface area contributed by atoms with Gasteiger partial charge in [0, 0.05) is 17.1 Å². The number of aromatic amines is 1. The molecule has 0 atom stereocenters. The highest BCUT2D eigenvalue weighted by molar-refractivity contribution is 6.33. The van der Waals surface area contributed by atoms with Crippen molar-refractivity contribution in [1.82, 2.24) is 4.98 Å². The van der Waals surface area contributed by atoms with Crippen LogP contribution < -0.4 is 5.46 Å². The van der Waals surface area contributed by atoms with Gasteiger partial charge in [0.2, 0.25) is 0 Å². The van der Waals surface area contributed by atoms with E-state index in [-0.39, 0.29) is 0 Å². The molecule has 0 aliphatic heterocycles. The topological polar surface area (TPSA) is 39.6 Å². The van der Waals surface area contributed by atoms with Crippen LogP contribution in [0.15, 0.2) is 24.4 Å². The number of fused-ring (bicyclic) bond motifs is 1. The van der Waals surface area contributed by atoms with Crippen molar-refractivity contribution in [2.45, 2.75) is 0 Å². The molecule has 2 nitrogen and oxygen atoms in total. The van der Waals surface area contributed by atoms with E-state index in [9.17, 15) is 0 Å². The molecule has 0 aliphatic rings. The second kappa shape index (κ2) is 2.42. The van der Waals surface area contributed by atoms with Crippen molar-refractivity contribution >= 4 is 24.2 Å². The average Bonchev–Trinajstić information content (AvgIpc) is 2.46. The minimum absolute atomic E-state index is 0.713. The van der Waals surface area contributed by atoms with Gasteiger partial charge in [0.25, 0.3) is 0 Å². The predicted molar refractivity (Wildman–Crippen MR) is 51.2 cm³/mol. The minimum atomic E-state index is 0.713. The molecule has 0 aliphatic carbocycles. The quantitative estimate of drug-likeness (QED) is 0.544. The monoisotopic (exact) mass is 154 g/mol. The molecule has 1 aromatic carbocycles. The normalized spacial score (nSPS) is 9.92. The zero-order valence-corrected chi connectivity index (χ0v) is 6.76. The minimum Gasteiger partial charge on any atom is -0.360 e. The Morgan fingerprint density at radius 1 is 1.42 bits per heavy atom. The lowest BCUT2D eigenvalue weighted by atomic mass is 9.95. The fraction of sp³-hybridized carbons (Fsp3) is 0. The van der Waals surface area contributed by atoms with Crippen LogP contribution in [0.25, 0.3) is 10.9 Å². The molecule has 12 heavy (non-hydrogen) atoms. The van der Waals surface area contributed by atoms with Crippen molar-refractivity contribution in [1.29, 1.82) is 5.26 Å². The maximum Gasteiger partial charge on any atom is 0.139 e. The van der Waals surface area contributed by atoms with Gasteiger partial charge in [-0.1, -0.05) is 17.6 Å². The molecule has 0 fully saturated rings. The van der Waals surface area contributed by atoms with E-state index in [4.69, 9.17) is 5.26 Å². The van der Waals surface area contributed by atoms with E-state index in [0.717, 1.165) is 10.9 Å². The van der Waals surface area contributed by atoms with Crippen LogP contribution in [0.5, 0.6) is 0 Å². The molecular formula is C9H7BN2. The van der Waals surface area contributed by atoms with Gasteiger partial charge < -0.3 is 4.98 Å². The van der Waals surface area contributed by atoms with Crippen LogP contribution in [0.1, 0.15) is 5.56 Å². The number of nitriles is 1. The molecule has 0 saturated heterocycles. The first-order valence-corrected chi connectivity index (χ1v) is 3.79. The molecule has 1 aromatic heterocycles. The van der Waals surface area contributed by atoms with Crippen LogP contribution in [-0.4, -0.2) is 12.8 Å². The van der Waals surface area contributed by atoms with E-state index in [1.165, 1.54) is 5.46 Å². The van der Waals surface area contributed by atoms with Crippen molar-refractivity contribution in [3.63, 3.8) is 0 Å². The molecule has 2 aromatic rings. The van der Waals surface area contributed by atoms with E-state index in [0.29, 0.717) is 5.56 Å². The van der Waals surface area contributed by atoms with Gasteiger partial charge in [0.1, 0.15) is 13.9 Å². The summed E-state index contributed by atoms with van der Waals surface area (Å²) >= 11 is 0. The van der Waals surface area contributed by atoms with Crippen molar-refractivity contribution < 1.29 is 0 Å². The smallest absolute Gasteiger partial charge is 0.139 e. The molecule has 0 saturated carbocycles. The van der Waals surface area contributed by atoms with Crippen LogP contribution in [0.3, 0.4) is 0 Å². The van der Waals surface area contributed by atoms with Gasteiger partial charge in [-0.2, -0.15) is 5.26 Å². The lowest BCUT2D eigenvalue weighted by molar-refractivity contribution is 1.45. The van der Waals surface area contributed by atoms with E-state index in [1.807, 2.05) is 26.0 Å². The van der Waals surface area contributed by atoms with Crippen LogP contribution in [0, 0.1) is 11.3 Å². The second-order valence-corrected chi connectivity index (χ2v) is 2.86. The second-order valence-electron chi connectivity index (χ2n) is 2.86. The summed E-state index contributed by atoms with van der Waals surface area (Å²) in [6.45, 7) is 0. The van der Waals surface area contributed by atoms with Crippen LogP contribution >= 0.6 is 0 Å². The zero-order chi connectivity index (χ0) is 8.55. The van der Waals surface area contributed by atoms with Crippen molar-refractivity contribution in [3.05, 3.63) is 30.0 Å². The number of hydrogen-bond donors (Lipinski definition) is 1. The molecule has 3 heteroatoms. The van der Waals surface area contributed by atoms with Gasteiger partial charge >= 0.3 is 0 Å². The Morgan fingerprint density at radius 3 is 3.00 bits per heavy atom. The molecule has 0 bridgehead atoms. The number of benzene rings is 1. The van der Waals surface area contributed by atoms with Crippen molar-refractivity contribution in [2.24, 2.45) is 0 Å². The third kappa shape index (κ3) is 0.893. The maximum absolute atomic E-state index is 8.72. The zero-order valence-electron chi connectivity index (χ0n) is 6.76. The van der Waals surface area contributed by atoms with Crippen molar-refractivity contribution in [2.75, 3.05) is 0 Å². The summed E-state index contributed by atoms with van der Waals surface area (Å²) in [4.78, 5) is 3.06. The molecular weight excluding hydrogens is 147 g/mol. The molecule has 1 heterocycles. The van der Waals surface area contributed by atoms with Gasteiger partial charge in [0.15, 0.2) is 0 Å². The fourth-order valence-electron chi connectivity index (χ4n) is 1.33. The number of rotatable bonds is 0. The molecule has 0 unspecified atom stereocenters. The Morgan fingerprint density at radius 2 is 2.25 bits per heavy atom. The van der Waals surface area contributed by atoms with E-state index in [2.05, 4.69) is 11.1 Å². The van der Waals surface area contributed by atoms with Crippen LogP contribution in [0.4, 0.5) is 0 Å². The van der Waals surface area contributed by atoms with Crippen molar-refractivity contribution in [3.8, 4) is 6.07 Å². The highest BCUT2D eigenvalue weighted by Gasteiger charge is 2.00. The summed E-state index contributed by atoms with van der Waals surface area (Å²) < 4.78 is 0. The van der Waals surface area contributed by atoms with Gasteiger partial charge in [-0.05, 0) is 6.07 Å². The van der Waals surface area contributed by atoms with E-state index >= 15 is 0 Å². The summed E-state index contributed by atoms with van der Waals surface area (Å²) in [7, 11) is 2.03. The number of aromatic nitrogens is 1. The Kier molecular flexibility index (Phi) is 1.41. The van der Waals surface area contributed by atoms with E-state index in [1.54, 1.807) is 6.20 Å². The number of H-pyrrole nitrogens is 1. The fourth-order valence-corrected chi connectivity index (χ4v) is 1.33. The lowest BCUT2D eigenvalue weighted by Gasteiger charge is -1.91. The molecule has 0 amide bonds. The first-order chi connectivity index (χ1) is 5.81. The first-order valence-electron chi connectivity index (χ1n) is 3.79. The third-order valence-electron chi connectivity index (χ3n) is 1.96. The summed E-state index contributed by atoms with van der Waals surface area (Å²) in [5.41, 5.74) is 2.95. The third-order valence-corrected chi connectivity index (χ3v) is 1.96. The van der Waals surface area contributed by atoms with Gasteiger partial charge in [-0.15, -0.1) is 0 Å². The molecule has 0 spiro atoms. The van der Waals surface area contributed by atoms with Gasteiger partial charge in [-0.25, -0.2) is 0 Å². The summed E-state index contributed by atoms with van der Waals surface area (Å²) in [5, 5.41) is 9.73. The highest BCUT2D eigenvalue weighted by atomic mass is 14.7. The Hall–Kier alpha value is -1.69. The molecule has 1 N–H and O–H groups in total. The van der Waals surface area contributed by atoms with Gasteiger partial charge in [-0.3, -0.25) is 0 Å². The molecule has 0 radical (unpaired) electrons. The largest absolute Gasteiger partial charge is 0.360 e. The predicted octanol–water partition coefficient (Wildman–Crippen LogP) is 0.298. The van der Waals surface area contributed by atoms with E-state index < -0.39 is 0 Å². The lowest BCUT2D eigenvalue weighted by Crippen LogP contribution is -1.99. The van der Waals surface area contributed by atoms with Gasteiger partial charge in [0.05, 0.1) is 5.56 Å². The van der Waals surface area contributed by atoms with Crippen LogP contribution in [0.2, 0.25) is 0 Å². The number of nitrogens with zero attached hydrogens (tertiary/aromatic N) is 1. The highest BCUT2D eigenvalue weighted by Crippen LogP contribution is 2.14. The average molecular weight is 154 g/mol. The summed E-state index contributed by atoms with van der Waals surface area (Å²) in [5.74, 6) is 0. The standard InChI is InChI=1S/C9H7BN2/c10-7-1-2-8-6(4-11)5-12-9(8)3-7/h1-3,5,12H,10H2. The molecule has 2 rings (SSSR count). The summed E-state index contributed by atoms with van der Waals surface area (Å²) in [6, 6.07) is 8.16. The maximum atomic E-state index is 8.72. The number of nitrogens with one attached hydrogen (secondary N) is 1.